The standard InChI is InChI=1S/C10H13BrN2O2/c1-6-4-7(11)2-3-9(6)13-10(15)8(12)5-14/h2-4,8,14H,5,12H2,1H3,(H,13,15). The van der Waals surface area contributed by atoms with Gasteiger partial charge in [0.15, 0.2) is 0 Å². The lowest BCUT2D eigenvalue weighted by Crippen LogP contribution is -2.38. The molecule has 4 N–H and O–H groups in total. The molecule has 0 saturated carbocycles. The van der Waals surface area contributed by atoms with Gasteiger partial charge < -0.3 is 16.2 Å². The second kappa shape index (κ2) is 5.25. The average molecular weight is 273 g/mol. The second-order valence-electron chi connectivity index (χ2n) is 3.24. The number of aliphatic hydroxyl groups excluding tert-OH is 1. The van der Waals surface area contributed by atoms with Gasteiger partial charge in [0.05, 0.1) is 6.61 Å². The molecule has 1 rings (SSSR count). The Morgan fingerprint density at radius 3 is 2.87 bits per heavy atom. The monoisotopic (exact) mass is 272 g/mol. The van der Waals surface area contributed by atoms with E-state index in [-0.39, 0.29) is 12.5 Å². The normalized spacial score (nSPS) is 12.3. The Kier molecular flexibility index (Phi) is 4.26. The quantitative estimate of drug-likeness (QED) is 0.769. The van der Waals surface area contributed by atoms with Crippen molar-refractivity contribution in [2.75, 3.05) is 11.9 Å². The highest BCUT2D eigenvalue weighted by atomic mass is 79.9. The van der Waals surface area contributed by atoms with Crippen LogP contribution >= 0.6 is 15.9 Å². The number of anilines is 1. The van der Waals surface area contributed by atoms with Crippen LogP contribution < -0.4 is 11.1 Å². The van der Waals surface area contributed by atoms with Crippen LogP contribution in [0.3, 0.4) is 0 Å². The first-order chi connectivity index (χ1) is 7.04. The molecule has 0 radical (unpaired) electrons. The van der Waals surface area contributed by atoms with Crippen LogP contribution in [0.1, 0.15) is 5.56 Å². The molecule has 0 fully saturated rings. The molecule has 15 heavy (non-hydrogen) atoms. The maximum atomic E-state index is 11.4. The van der Waals surface area contributed by atoms with Gasteiger partial charge in [0.25, 0.3) is 0 Å². The Morgan fingerprint density at radius 2 is 2.33 bits per heavy atom. The number of hydrogen-bond donors (Lipinski definition) is 3. The van der Waals surface area contributed by atoms with Crippen molar-refractivity contribution >= 4 is 27.5 Å². The highest BCUT2D eigenvalue weighted by Gasteiger charge is 2.12. The van der Waals surface area contributed by atoms with E-state index in [0.29, 0.717) is 5.69 Å². The molecule has 0 aliphatic heterocycles. The van der Waals surface area contributed by atoms with Crippen LogP contribution in [0.2, 0.25) is 0 Å². The lowest BCUT2D eigenvalue weighted by Gasteiger charge is -2.11. The number of aryl methyl sites for hydroxylation is 1. The number of rotatable bonds is 3. The molecule has 0 saturated heterocycles. The van der Waals surface area contributed by atoms with E-state index in [1.807, 2.05) is 19.1 Å². The first-order valence-corrected chi connectivity index (χ1v) is 5.27. The molecule has 1 aromatic carbocycles. The molecule has 0 aromatic heterocycles. The zero-order valence-electron chi connectivity index (χ0n) is 8.33. The predicted molar refractivity (Wildman–Crippen MR) is 62.6 cm³/mol. The summed E-state index contributed by atoms with van der Waals surface area (Å²) in [5.74, 6) is -0.386. The molecule has 1 atom stereocenters. The lowest BCUT2D eigenvalue weighted by atomic mass is 10.2. The van der Waals surface area contributed by atoms with Gasteiger partial charge in [-0.25, -0.2) is 0 Å². The Bertz CT molecular complexity index is 368. The molecule has 0 bridgehead atoms. The van der Waals surface area contributed by atoms with E-state index in [2.05, 4.69) is 21.2 Å². The highest BCUT2D eigenvalue weighted by Crippen LogP contribution is 2.19. The minimum atomic E-state index is -0.881. The lowest BCUT2D eigenvalue weighted by molar-refractivity contribution is -0.118. The van der Waals surface area contributed by atoms with Crippen molar-refractivity contribution in [3.05, 3.63) is 28.2 Å². The molecule has 0 aliphatic rings. The third kappa shape index (κ3) is 3.30. The zero-order valence-corrected chi connectivity index (χ0v) is 9.91. The molecular weight excluding hydrogens is 260 g/mol. The minimum Gasteiger partial charge on any atom is -0.394 e. The van der Waals surface area contributed by atoms with Crippen LogP contribution in [0.5, 0.6) is 0 Å². The first-order valence-electron chi connectivity index (χ1n) is 4.48. The van der Waals surface area contributed by atoms with Gasteiger partial charge in [0.1, 0.15) is 6.04 Å². The Balaban J connectivity index is 2.77. The van der Waals surface area contributed by atoms with Gasteiger partial charge in [0, 0.05) is 10.2 Å². The fourth-order valence-corrected chi connectivity index (χ4v) is 1.55. The van der Waals surface area contributed by atoms with Gasteiger partial charge in [0.2, 0.25) is 5.91 Å². The van der Waals surface area contributed by atoms with E-state index in [1.165, 1.54) is 0 Å². The SMILES string of the molecule is Cc1cc(Br)ccc1NC(=O)C(N)CO. The van der Waals surface area contributed by atoms with Crippen molar-refractivity contribution in [2.24, 2.45) is 5.73 Å². The van der Waals surface area contributed by atoms with Gasteiger partial charge in [-0.05, 0) is 30.7 Å². The summed E-state index contributed by atoms with van der Waals surface area (Å²) in [7, 11) is 0. The van der Waals surface area contributed by atoms with E-state index in [1.54, 1.807) is 6.07 Å². The van der Waals surface area contributed by atoms with Crippen LogP contribution in [0.25, 0.3) is 0 Å². The summed E-state index contributed by atoms with van der Waals surface area (Å²) >= 11 is 3.33. The van der Waals surface area contributed by atoms with Gasteiger partial charge in [-0.15, -0.1) is 0 Å². The van der Waals surface area contributed by atoms with E-state index in [4.69, 9.17) is 10.8 Å². The first kappa shape index (κ1) is 12.2. The maximum absolute atomic E-state index is 11.4. The number of nitrogens with one attached hydrogen (secondary N) is 1. The number of carbonyl (C=O) groups excluding carboxylic acids is 1. The molecule has 1 aromatic rings. The average Bonchev–Trinajstić information content (AvgIpc) is 2.20. The van der Waals surface area contributed by atoms with Crippen LogP contribution in [-0.2, 0) is 4.79 Å². The fourth-order valence-electron chi connectivity index (χ4n) is 1.08. The number of carbonyl (C=O) groups is 1. The fraction of sp³-hybridized carbons (Fsp3) is 0.300. The van der Waals surface area contributed by atoms with Crippen molar-refractivity contribution in [3.63, 3.8) is 0 Å². The van der Waals surface area contributed by atoms with Crippen molar-refractivity contribution in [1.29, 1.82) is 0 Å². The minimum absolute atomic E-state index is 0.360. The molecule has 82 valence electrons. The summed E-state index contributed by atoms with van der Waals surface area (Å²) in [6.07, 6.45) is 0. The summed E-state index contributed by atoms with van der Waals surface area (Å²) in [6.45, 7) is 1.52. The Morgan fingerprint density at radius 1 is 1.67 bits per heavy atom. The van der Waals surface area contributed by atoms with Gasteiger partial charge in [-0.3, -0.25) is 4.79 Å². The molecule has 1 unspecified atom stereocenters. The predicted octanol–water partition coefficient (Wildman–Crippen LogP) is 1.02. The smallest absolute Gasteiger partial charge is 0.243 e. The number of nitrogens with two attached hydrogens (primary N) is 1. The summed E-state index contributed by atoms with van der Waals surface area (Å²) in [5, 5.41) is 11.3. The van der Waals surface area contributed by atoms with Gasteiger partial charge >= 0.3 is 0 Å². The van der Waals surface area contributed by atoms with E-state index >= 15 is 0 Å². The third-order valence-electron chi connectivity index (χ3n) is 1.98. The number of aliphatic hydroxyl groups is 1. The number of hydrogen-bond acceptors (Lipinski definition) is 3. The van der Waals surface area contributed by atoms with Crippen LogP contribution in [-0.4, -0.2) is 23.7 Å². The van der Waals surface area contributed by atoms with Crippen LogP contribution in [0, 0.1) is 6.92 Å². The van der Waals surface area contributed by atoms with Gasteiger partial charge in [-0.2, -0.15) is 0 Å². The largest absolute Gasteiger partial charge is 0.394 e. The molecule has 0 aliphatic carbocycles. The molecule has 0 spiro atoms. The van der Waals surface area contributed by atoms with E-state index in [0.717, 1.165) is 10.0 Å². The molecule has 0 heterocycles. The molecule has 1 amide bonds. The van der Waals surface area contributed by atoms with Gasteiger partial charge in [-0.1, -0.05) is 15.9 Å². The summed E-state index contributed by atoms with van der Waals surface area (Å²) in [4.78, 5) is 11.4. The Labute approximate surface area is 96.6 Å². The Hall–Kier alpha value is -0.910. The van der Waals surface area contributed by atoms with Crippen molar-refractivity contribution < 1.29 is 9.90 Å². The maximum Gasteiger partial charge on any atom is 0.243 e. The second-order valence-corrected chi connectivity index (χ2v) is 4.15. The van der Waals surface area contributed by atoms with E-state index < -0.39 is 6.04 Å². The third-order valence-corrected chi connectivity index (χ3v) is 2.47. The van der Waals surface area contributed by atoms with Crippen molar-refractivity contribution in [2.45, 2.75) is 13.0 Å². The van der Waals surface area contributed by atoms with E-state index in [9.17, 15) is 4.79 Å². The van der Waals surface area contributed by atoms with Crippen molar-refractivity contribution in [3.8, 4) is 0 Å². The summed E-state index contributed by atoms with van der Waals surface area (Å²) in [6, 6.07) is 4.61. The molecular formula is C10H13BrN2O2. The topological polar surface area (TPSA) is 75.4 Å². The summed E-state index contributed by atoms with van der Waals surface area (Å²) in [5.41, 5.74) is 7.01. The van der Waals surface area contributed by atoms with Crippen LogP contribution in [0.4, 0.5) is 5.69 Å². The number of halogens is 1. The molecule has 4 nitrogen and oxygen atoms in total. The zero-order chi connectivity index (χ0) is 11.4. The summed E-state index contributed by atoms with van der Waals surface area (Å²) < 4.78 is 0.949. The van der Waals surface area contributed by atoms with Crippen LogP contribution in [0.15, 0.2) is 22.7 Å². The highest BCUT2D eigenvalue weighted by molar-refractivity contribution is 9.10. The number of benzene rings is 1. The molecule has 5 heteroatoms. The number of amides is 1. The van der Waals surface area contributed by atoms with Crippen molar-refractivity contribution in [1.82, 2.24) is 0 Å².